The maximum Gasteiger partial charge on any atom is 0.0558 e. The zero-order valence-electron chi connectivity index (χ0n) is 11.1. The van der Waals surface area contributed by atoms with Crippen molar-refractivity contribution in [2.45, 2.75) is 46.1 Å². The normalized spacial score (nSPS) is 17.1. The Balaban J connectivity index is 2.29. The molecule has 3 heteroatoms. The van der Waals surface area contributed by atoms with Crippen molar-refractivity contribution in [3.05, 3.63) is 0 Å². The quantitative estimate of drug-likeness (QED) is 0.587. The molecule has 1 aliphatic rings. The minimum absolute atomic E-state index is 0.287. The molecule has 1 aliphatic carbocycles. The molecule has 0 aromatic heterocycles. The fourth-order valence-electron chi connectivity index (χ4n) is 2.17. The minimum Gasteiger partial charge on any atom is -0.395 e. The van der Waals surface area contributed by atoms with Crippen LogP contribution in [-0.2, 0) is 0 Å². The summed E-state index contributed by atoms with van der Waals surface area (Å²) >= 11 is 0. The molecule has 1 fully saturated rings. The lowest BCUT2D eigenvalue weighted by molar-refractivity contribution is 0.135. The van der Waals surface area contributed by atoms with E-state index in [9.17, 15) is 0 Å². The topological polar surface area (TPSA) is 35.5 Å². The lowest BCUT2D eigenvalue weighted by atomic mass is 9.92. The van der Waals surface area contributed by atoms with E-state index < -0.39 is 0 Å². The standard InChI is InChI=1S/C13H28N2O/c1-4-7-14-10-13(2,3)11-15(8-9-16)12-5-6-12/h12,14,16H,4-11H2,1-3H3. The van der Waals surface area contributed by atoms with Crippen LogP contribution in [0.15, 0.2) is 0 Å². The molecular formula is C13H28N2O. The van der Waals surface area contributed by atoms with Crippen molar-refractivity contribution in [1.29, 1.82) is 0 Å². The summed E-state index contributed by atoms with van der Waals surface area (Å²) in [6.07, 6.45) is 3.83. The SMILES string of the molecule is CCCNCC(C)(C)CN(CCO)C1CC1. The molecule has 0 unspecified atom stereocenters. The zero-order valence-corrected chi connectivity index (χ0v) is 11.1. The number of aliphatic hydroxyl groups excluding tert-OH is 1. The second kappa shape index (κ2) is 6.58. The third-order valence-corrected chi connectivity index (χ3v) is 3.11. The van der Waals surface area contributed by atoms with Gasteiger partial charge in [0.1, 0.15) is 0 Å². The molecule has 0 atom stereocenters. The number of nitrogens with one attached hydrogen (secondary N) is 1. The Morgan fingerprint density at radius 2 is 2.06 bits per heavy atom. The van der Waals surface area contributed by atoms with Crippen LogP contribution in [0, 0.1) is 5.41 Å². The molecule has 0 radical (unpaired) electrons. The minimum atomic E-state index is 0.287. The van der Waals surface area contributed by atoms with Crippen molar-refractivity contribution in [1.82, 2.24) is 10.2 Å². The average molecular weight is 228 g/mol. The molecule has 3 nitrogen and oxygen atoms in total. The van der Waals surface area contributed by atoms with Gasteiger partial charge < -0.3 is 10.4 Å². The predicted molar refractivity (Wildman–Crippen MR) is 68.6 cm³/mol. The van der Waals surface area contributed by atoms with E-state index in [-0.39, 0.29) is 6.61 Å². The van der Waals surface area contributed by atoms with Crippen LogP contribution in [0.1, 0.15) is 40.0 Å². The molecule has 1 rings (SSSR count). The highest BCUT2D eigenvalue weighted by Crippen LogP contribution is 2.29. The van der Waals surface area contributed by atoms with Crippen molar-refractivity contribution >= 4 is 0 Å². The molecule has 0 aromatic rings. The second-order valence-corrected chi connectivity index (χ2v) is 5.77. The fraction of sp³-hybridized carbons (Fsp3) is 1.00. The summed E-state index contributed by atoms with van der Waals surface area (Å²) < 4.78 is 0. The van der Waals surface area contributed by atoms with Crippen LogP contribution in [0.4, 0.5) is 0 Å². The third-order valence-electron chi connectivity index (χ3n) is 3.11. The first-order valence-electron chi connectivity index (χ1n) is 6.64. The first-order chi connectivity index (χ1) is 7.59. The Kier molecular flexibility index (Phi) is 5.73. The maximum absolute atomic E-state index is 9.07. The molecule has 0 spiro atoms. The summed E-state index contributed by atoms with van der Waals surface area (Å²) in [7, 11) is 0. The third kappa shape index (κ3) is 5.28. The van der Waals surface area contributed by atoms with Crippen molar-refractivity contribution < 1.29 is 5.11 Å². The van der Waals surface area contributed by atoms with Crippen molar-refractivity contribution in [2.24, 2.45) is 5.41 Å². The smallest absolute Gasteiger partial charge is 0.0558 e. The average Bonchev–Trinajstić information content (AvgIpc) is 3.00. The van der Waals surface area contributed by atoms with Gasteiger partial charge >= 0.3 is 0 Å². The van der Waals surface area contributed by atoms with Crippen LogP contribution >= 0.6 is 0 Å². The summed E-state index contributed by atoms with van der Waals surface area (Å²) in [6, 6.07) is 0.748. The highest BCUT2D eigenvalue weighted by Gasteiger charge is 2.32. The van der Waals surface area contributed by atoms with Gasteiger partial charge in [0.05, 0.1) is 6.61 Å². The van der Waals surface area contributed by atoms with Crippen LogP contribution in [0.25, 0.3) is 0 Å². The van der Waals surface area contributed by atoms with E-state index in [1.54, 1.807) is 0 Å². The van der Waals surface area contributed by atoms with Crippen LogP contribution < -0.4 is 5.32 Å². The van der Waals surface area contributed by atoms with Gasteiger partial charge in [-0.3, -0.25) is 4.90 Å². The molecular weight excluding hydrogens is 200 g/mol. The van der Waals surface area contributed by atoms with Gasteiger partial charge in [-0.2, -0.15) is 0 Å². The molecule has 0 aromatic carbocycles. The highest BCUT2D eigenvalue weighted by molar-refractivity contribution is 4.88. The molecule has 0 saturated heterocycles. The van der Waals surface area contributed by atoms with E-state index in [2.05, 4.69) is 31.0 Å². The summed E-state index contributed by atoms with van der Waals surface area (Å²) in [5, 5.41) is 12.6. The highest BCUT2D eigenvalue weighted by atomic mass is 16.3. The van der Waals surface area contributed by atoms with Gasteiger partial charge in [-0.1, -0.05) is 20.8 Å². The van der Waals surface area contributed by atoms with Gasteiger partial charge in [0.25, 0.3) is 0 Å². The van der Waals surface area contributed by atoms with E-state index in [4.69, 9.17) is 5.11 Å². The predicted octanol–water partition coefficient (Wildman–Crippen LogP) is 1.47. The monoisotopic (exact) mass is 228 g/mol. The lowest BCUT2D eigenvalue weighted by Crippen LogP contribution is -2.42. The molecule has 96 valence electrons. The Bertz CT molecular complexity index is 190. The van der Waals surface area contributed by atoms with Gasteiger partial charge in [-0.15, -0.1) is 0 Å². The number of aliphatic hydroxyl groups is 1. The molecule has 1 saturated carbocycles. The summed E-state index contributed by atoms with van der Waals surface area (Å²) in [4.78, 5) is 2.45. The number of nitrogens with zero attached hydrogens (tertiary/aromatic N) is 1. The summed E-state index contributed by atoms with van der Waals surface area (Å²) in [5.41, 5.74) is 0.299. The van der Waals surface area contributed by atoms with Crippen LogP contribution in [0.3, 0.4) is 0 Å². The van der Waals surface area contributed by atoms with Gasteiger partial charge in [0.15, 0.2) is 0 Å². The van der Waals surface area contributed by atoms with Crippen LogP contribution in [0.2, 0.25) is 0 Å². The molecule has 2 N–H and O–H groups in total. The molecule has 0 heterocycles. The van der Waals surface area contributed by atoms with Crippen molar-refractivity contribution in [3.63, 3.8) is 0 Å². The largest absolute Gasteiger partial charge is 0.395 e. The lowest BCUT2D eigenvalue weighted by Gasteiger charge is -2.32. The maximum atomic E-state index is 9.07. The molecule has 0 aliphatic heterocycles. The number of hydrogen-bond acceptors (Lipinski definition) is 3. The Labute approximate surface area is 100 Å². The van der Waals surface area contributed by atoms with Gasteiger partial charge in [0, 0.05) is 25.7 Å². The van der Waals surface area contributed by atoms with Crippen LogP contribution in [0.5, 0.6) is 0 Å². The Hall–Kier alpha value is -0.120. The van der Waals surface area contributed by atoms with Crippen LogP contribution in [-0.4, -0.2) is 48.8 Å². The first kappa shape index (κ1) is 13.9. The summed E-state index contributed by atoms with van der Waals surface area (Å²) in [6.45, 7) is 11.2. The van der Waals surface area contributed by atoms with E-state index in [0.29, 0.717) is 5.41 Å². The number of rotatable bonds is 9. The van der Waals surface area contributed by atoms with E-state index in [0.717, 1.165) is 32.2 Å². The molecule has 0 amide bonds. The first-order valence-corrected chi connectivity index (χ1v) is 6.64. The summed E-state index contributed by atoms with van der Waals surface area (Å²) in [5.74, 6) is 0. The van der Waals surface area contributed by atoms with Gasteiger partial charge in [-0.05, 0) is 31.2 Å². The Morgan fingerprint density at radius 1 is 1.38 bits per heavy atom. The zero-order chi connectivity index (χ0) is 12.0. The molecule has 0 bridgehead atoms. The van der Waals surface area contributed by atoms with Gasteiger partial charge in [-0.25, -0.2) is 0 Å². The Morgan fingerprint density at radius 3 is 2.56 bits per heavy atom. The fourth-order valence-corrected chi connectivity index (χ4v) is 2.17. The van der Waals surface area contributed by atoms with Crippen molar-refractivity contribution in [3.8, 4) is 0 Å². The van der Waals surface area contributed by atoms with Gasteiger partial charge in [0.2, 0.25) is 0 Å². The molecule has 16 heavy (non-hydrogen) atoms. The second-order valence-electron chi connectivity index (χ2n) is 5.77. The van der Waals surface area contributed by atoms with E-state index in [1.165, 1.54) is 19.3 Å². The van der Waals surface area contributed by atoms with Crippen molar-refractivity contribution in [2.75, 3.05) is 32.8 Å². The number of hydrogen-bond donors (Lipinski definition) is 2. The van der Waals surface area contributed by atoms with E-state index >= 15 is 0 Å². The van der Waals surface area contributed by atoms with E-state index in [1.807, 2.05) is 0 Å².